The number of aliphatic hydroxyl groups is 1. The Morgan fingerprint density at radius 2 is 2.17 bits per heavy atom. The topological polar surface area (TPSA) is 71.7 Å². The number of furan rings is 1. The Morgan fingerprint density at radius 3 is 2.88 bits per heavy atom. The lowest BCUT2D eigenvalue weighted by molar-refractivity contribution is 0.0235. The Bertz CT molecular complexity index is 760. The Labute approximate surface area is 140 Å². The lowest BCUT2D eigenvalue weighted by Gasteiger charge is -2.38. The predicted molar refractivity (Wildman–Crippen MR) is 88.0 cm³/mol. The molecule has 2 heterocycles. The quantitative estimate of drug-likeness (QED) is 0.906. The number of hydrogen-bond acceptors (Lipinski definition) is 4. The molecule has 24 heavy (non-hydrogen) atoms. The first-order valence-corrected chi connectivity index (χ1v) is 8.40. The van der Waals surface area contributed by atoms with Gasteiger partial charge in [-0.1, -0.05) is 6.07 Å². The summed E-state index contributed by atoms with van der Waals surface area (Å²) >= 11 is 0. The summed E-state index contributed by atoms with van der Waals surface area (Å²) in [5, 5.41) is 12.8. The number of carbonyl (C=O) groups excluding carboxylic acids is 1. The number of aliphatic hydroxyl groups excluding tert-OH is 1. The number of fused-ring (bicyclic) bond motifs is 1. The molecule has 0 unspecified atom stereocenters. The Morgan fingerprint density at radius 1 is 1.33 bits per heavy atom. The predicted octanol–water partition coefficient (Wildman–Crippen LogP) is 2.76. The van der Waals surface area contributed by atoms with Gasteiger partial charge in [0.15, 0.2) is 0 Å². The third-order valence-electron chi connectivity index (χ3n) is 5.08. The van der Waals surface area contributed by atoms with E-state index >= 15 is 0 Å². The molecule has 0 radical (unpaired) electrons. The van der Waals surface area contributed by atoms with Gasteiger partial charge in [-0.05, 0) is 55.0 Å². The van der Waals surface area contributed by atoms with Gasteiger partial charge in [-0.15, -0.1) is 0 Å². The zero-order valence-corrected chi connectivity index (χ0v) is 13.6. The second-order valence-corrected chi connectivity index (χ2v) is 6.69. The molecule has 1 aromatic carbocycles. The van der Waals surface area contributed by atoms with E-state index in [9.17, 15) is 9.90 Å². The van der Waals surface area contributed by atoms with Crippen LogP contribution in [0.15, 0.2) is 34.9 Å². The van der Waals surface area contributed by atoms with Crippen molar-refractivity contribution in [1.82, 2.24) is 5.32 Å². The van der Waals surface area contributed by atoms with Crippen LogP contribution in [0.2, 0.25) is 0 Å². The second-order valence-electron chi connectivity index (χ2n) is 6.69. The molecule has 2 N–H and O–H groups in total. The minimum Gasteiger partial charge on any atom is -0.493 e. The standard InChI is InChI=1S/C19H21NO4/c1-11-16(5-7-23-11)19(22)20-18(14-9-15(21)10-14)13-2-3-17-12(8-13)4-6-24-17/h2-3,5,7-8,14-15,18,21H,4,6,9-10H2,1H3,(H,20,22)/t14?,15?,18-/m1/s1. The van der Waals surface area contributed by atoms with Crippen molar-refractivity contribution in [3.8, 4) is 5.75 Å². The molecule has 4 rings (SSSR count). The highest BCUT2D eigenvalue weighted by atomic mass is 16.5. The van der Waals surface area contributed by atoms with Crippen LogP contribution in [-0.2, 0) is 6.42 Å². The van der Waals surface area contributed by atoms with Crippen molar-refractivity contribution < 1.29 is 19.1 Å². The van der Waals surface area contributed by atoms with Gasteiger partial charge in [0.1, 0.15) is 11.5 Å². The molecule has 1 atom stereocenters. The van der Waals surface area contributed by atoms with E-state index in [0.717, 1.165) is 17.7 Å². The first-order chi connectivity index (χ1) is 11.6. The van der Waals surface area contributed by atoms with Gasteiger partial charge in [-0.25, -0.2) is 0 Å². The summed E-state index contributed by atoms with van der Waals surface area (Å²) in [5.41, 5.74) is 2.82. The van der Waals surface area contributed by atoms with Crippen LogP contribution in [0.5, 0.6) is 5.75 Å². The SMILES string of the molecule is Cc1occc1C(=O)N[C@H](c1ccc2c(c1)CCO2)C1CC(O)C1. The fourth-order valence-electron chi connectivity index (χ4n) is 3.61. The number of nitrogens with one attached hydrogen (secondary N) is 1. The lowest BCUT2D eigenvalue weighted by atomic mass is 9.74. The van der Waals surface area contributed by atoms with Crippen molar-refractivity contribution in [3.05, 3.63) is 53.0 Å². The van der Waals surface area contributed by atoms with Gasteiger partial charge in [0.25, 0.3) is 5.91 Å². The van der Waals surface area contributed by atoms with Crippen molar-refractivity contribution in [2.24, 2.45) is 5.92 Å². The number of carbonyl (C=O) groups is 1. The minimum absolute atomic E-state index is 0.110. The van der Waals surface area contributed by atoms with Gasteiger partial charge < -0.3 is 19.6 Å². The van der Waals surface area contributed by atoms with E-state index in [4.69, 9.17) is 9.15 Å². The molecular weight excluding hydrogens is 306 g/mol. The molecule has 2 aliphatic rings. The molecule has 5 heteroatoms. The third-order valence-corrected chi connectivity index (χ3v) is 5.08. The number of hydrogen-bond donors (Lipinski definition) is 2. The second kappa shape index (κ2) is 5.98. The van der Waals surface area contributed by atoms with E-state index in [0.29, 0.717) is 30.8 Å². The monoisotopic (exact) mass is 327 g/mol. The first kappa shape index (κ1) is 15.3. The summed E-state index contributed by atoms with van der Waals surface area (Å²) in [7, 11) is 0. The molecule has 0 bridgehead atoms. The molecule has 1 aliphatic carbocycles. The first-order valence-electron chi connectivity index (χ1n) is 8.40. The number of aryl methyl sites for hydroxylation is 1. The Hall–Kier alpha value is -2.27. The Kier molecular flexibility index (Phi) is 3.81. The van der Waals surface area contributed by atoms with Crippen molar-refractivity contribution in [2.45, 2.75) is 38.3 Å². The molecule has 2 aromatic rings. The maximum Gasteiger partial charge on any atom is 0.255 e. The van der Waals surface area contributed by atoms with Crippen molar-refractivity contribution in [1.29, 1.82) is 0 Å². The van der Waals surface area contributed by atoms with Crippen LogP contribution < -0.4 is 10.1 Å². The zero-order valence-electron chi connectivity index (χ0n) is 13.6. The van der Waals surface area contributed by atoms with Gasteiger partial charge in [-0.2, -0.15) is 0 Å². The normalized spacial score (nSPS) is 23.1. The molecule has 0 spiro atoms. The summed E-state index contributed by atoms with van der Waals surface area (Å²) in [5.74, 6) is 1.66. The van der Waals surface area contributed by atoms with Gasteiger partial charge in [0.2, 0.25) is 0 Å². The maximum atomic E-state index is 12.6. The van der Waals surface area contributed by atoms with Crippen molar-refractivity contribution >= 4 is 5.91 Å². The Balaban J connectivity index is 1.60. The van der Waals surface area contributed by atoms with E-state index in [1.54, 1.807) is 13.0 Å². The van der Waals surface area contributed by atoms with Gasteiger partial charge in [-0.3, -0.25) is 4.79 Å². The highest BCUT2D eigenvalue weighted by Crippen LogP contribution is 2.40. The van der Waals surface area contributed by atoms with Gasteiger partial charge in [0, 0.05) is 6.42 Å². The van der Waals surface area contributed by atoms with Crippen molar-refractivity contribution in [2.75, 3.05) is 6.61 Å². The number of amides is 1. The van der Waals surface area contributed by atoms with Crippen LogP contribution in [0.1, 0.15) is 46.1 Å². The highest BCUT2D eigenvalue weighted by molar-refractivity contribution is 5.95. The summed E-state index contributed by atoms with van der Waals surface area (Å²) in [6, 6.07) is 7.70. The van der Waals surface area contributed by atoms with Crippen LogP contribution in [0.3, 0.4) is 0 Å². The fraction of sp³-hybridized carbons (Fsp3) is 0.421. The summed E-state index contributed by atoms with van der Waals surface area (Å²) < 4.78 is 10.8. The number of benzene rings is 1. The molecule has 126 valence electrons. The molecular formula is C19H21NO4. The average Bonchev–Trinajstić information content (AvgIpc) is 3.17. The van der Waals surface area contributed by atoms with E-state index in [1.165, 1.54) is 11.8 Å². The van der Waals surface area contributed by atoms with Crippen LogP contribution in [0.4, 0.5) is 0 Å². The van der Waals surface area contributed by atoms with Crippen LogP contribution in [0.25, 0.3) is 0 Å². The summed E-state index contributed by atoms with van der Waals surface area (Å²) in [6.07, 6.45) is 3.59. The summed E-state index contributed by atoms with van der Waals surface area (Å²) in [4.78, 5) is 12.6. The van der Waals surface area contributed by atoms with Crippen LogP contribution >= 0.6 is 0 Å². The van der Waals surface area contributed by atoms with Crippen LogP contribution in [-0.4, -0.2) is 23.7 Å². The summed E-state index contributed by atoms with van der Waals surface area (Å²) in [6.45, 7) is 2.50. The molecule has 1 amide bonds. The van der Waals surface area contributed by atoms with E-state index < -0.39 is 0 Å². The van der Waals surface area contributed by atoms with Gasteiger partial charge in [0.05, 0.1) is 30.6 Å². The molecule has 1 saturated carbocycles. The zero-order chi connectivity index (χ0) is 16.7. The maximum absolute atomic E-state index is 12.6. The largest absolute Gasteiger partial charge is 0.493 e. The van der Waals surface area contributed by atoms with Gasteiger partial charge >= 0.3 is 0 Å². The molecule has 5 nitrogen and oxygen atoms in total. The molecule has 1 fully saturated rings. The smallest absolute Gasteiger partial charge is 0.255 e. The van der Waals surface area contributed by atoms with E-state index in [-0.39, 0.29) is 24.0 Å². The average molecular weight is 327 g/mol. The minimum atomic E-state index is -0.261. The fourth-order valence-corrected chi connectivity index (χ4v) is 3.61. The number of ether oxygens (including phenoxy) is 1. The number of rotatable bonds is 4. The van der Waals surface area contributed by atoms with E-state index in [2.05, 4.69) is 11.4 Å². The molecule has 1 aliphatic heterocycles. The molecule has 1 aromatic heterocycles. The van der Waals surface area contributed by atoms with Crippen LogP contribution in [0, 0.1) is 12.8 Å². The van der Waals surface area contributed by atoms with Crippen molar-refractivity contribution in [3.63, 3.8) is 0 Å². The third kappa shape index (κ3) is 2.69. The lowest BCUT2D eigenvalue weighted by Crippen LogP contribution is -2.41. The van der Waals surface area contributed by atoms with E-state index in [1.807, 2.05) is 12.1 Å². The highest BCUT2D eigenvalue weighted by Gasteiger charge is 2.36. The molecule has 0 saturated heterocycles.